The Bertz CT molecular complexity index is 1230. The molecule has 1 aromatic heterocycles. The van der Waals surface area contributed by atoms with Gasteiger partial charge in [-0.15, -0.1) is 11.3 Å². The molecule has 150 valence electrons. The second kappa shape index (κ2) is 7.00. The highest BCUT2D eigenvalue weighted by molar-refractivity contribution is 7.19. The minimum atomic E-state index is -1.47. The number of fused-ring (bicyclic) bond motifs is 1. The molecule has 2 aliphatic rings. The van der Waals surface area contributed by atoms with E-state index in [9.17, 15) is 9.59 Å². The summed E-state index contributed by atoms with van der Waals surface area (Å²) in [7, 11) is 0. The molecular formula is C21H12ClF2N3O2S. The fourth-order valence-corrected chi connectivity index (χ4v) is 4.72. The number of benzene rings is 2. The van der Waals surface area contributed by atoms with E-state index in [0.29, 0.717) is 32.6 Å². The fourth-order valence-electron chi connectivity index (χ4n) is 3.69. The molecule has 30 heavy (non-hydrogen) atoms. The van der Waals surface area contributed by atoms with Crippen LogP contribution >= 0.6 is 22.9 Å². The first-order valence-electron chi connectivity index (χ1n) is 8.96. The normalized spacial score (nSPS) is 17.6. The number of halogens is 3. The van der Waals surface area contributed by atoms with Crippen LogP contribution in [0.3, 0.4) is 0 Å². The Balaban J connectivity index is 1.60. The second-order valence-corrected chi connectivity index (χ2v) is 8.57. The monoisotopic (exact) mass is 443 g/mol. The maximum Gasteiger partial charge on any atom is 0.329 e. The van der Waals surface area contributed by atoms with Crippen molar-refractivity contribution in [2.24, 2.45) is 4.99 Å². The van der Waals surface area contributed by atoms with Crippen LogP contribution in [0.2, 0.25) is 4.34 Å². The maximum atomic E-state index is 15.1. The summed E-state index contributed by atoms with van der Waals surface area (Å²) in [6, 6.07) is 8.39. The molecule has 9 heteroatoms. The number of thiophene rings is 1. The average Bonchev–Trinajstić information content (AvgIpc) is 3.40. The average molecular weight is 444 g/mol. The Hall–Kier alpha value is -3.10. The highest BCUT2D eigenvalue weighted by Gasteiger charge is 2.43. The molecule has 3 aromatic rings. The Kier molecular flexibility index (Phi) is 4.41. The molecule has 0 bridgehead atoms. The van der Waals surface area contributed by atoms with Gasteiger partial charge in [0.2, 0.25) is 0 Å². The van der Waals surface area contributed by atoms with E-state index >= 15 is 8.78 Å². The van der Waals surface area contributed by atoms with E-state index in [2.05, 4.69) is 10.3 Å². The van der Waals surface area contributed by atoms with Crippen molar-refractivity contribution in [3.05, 3.63) is 69.6 Å². The summed E-state index contributed by atoms with van der Waals surface area (Å²) in [5.74, 6) is -2.64. The van der Waals surface area contributed by atoms with E-state index < -0.39 is 35.2 Å². The summed E-state index contributed by atoms with van der Waals surface area (Å²) in [5, 5.41) is 2.15. The largest absolute Gasteiger partial charge is 0.329 e. The van der Waals surface area contributed by atoms with Crippen LogP contribution in [0.15, 0.2) is 47.5 Å². The van der Waals surface area contributed by atoms with Gasteiger partial charge in [-0.25, -0.2) is 13.6 Å². The van der Waals surface area contributed by atoms with Crippen LogP contribution in [0.4, 0.5) is 25.0 Å². The van der Waals surface area contributed by atoms with E-state index in [-0.39, 0.29) is 0 Å². The van der Waals surface area contributed by atoms with Gasteiger partial charge in [-0.3, -0.25) is 20.0 Å². The number of urea groups is 1. The predicted molar refractivity (Wildman–Crippen MR) is 112 cm³/mol. The summed E-state index contributed by atoms with van der Waals surface area (Å²) in [4.78, 5) is 30.9. The standard InChI is InChI=1S/C21H12ClF2N3O2S/c22-17-4-3-16(30-17)11-7-13(23)18(14(24)8-11)19-20(28)26-21(29)27(19)12-2-1-10-5-6-25-15(10)9-12/h1-4,6-9,19H,5H2,(H,26,28,29). The molecule has 3 amide bonds. The number of nitrogens with one attached hydrogen (secondary N) is 1. The van der Waals surface area contributed by atoms with Crippen molar-refractivity contribution in [3.63, 3.8) is 0 Å². The Morgan fingerprint density at radius 2 is 1.87 bits per heavy atom. The van der Waals surface area contributed by atoms with E-state index in [0.717, 1.165) is 22.6 Å². The number of anilines is 1. The van der Waals surface area contributed by atoms with Crippen LogP contribution in [0.5, 0.6) is 0 Å². The Labute approximate surface area is 178 Å². The lowest BCUT2D eigenvalue weighted by Gasteiger charge is -2.23. The SMILES string of the molecule is O=C1NC(=O)N(c2ccc3c(c2)N=CC3)C1c1c(F)cc(-c2ccc(Cl)s2)cc1F. The maximum absolute atomic E-state index is 15.1. The summed E-state index contributed by atoms with van der Waals surface area (Å²) in [5.41, 5.74) is 1.76. The van der Waals surface area contributed by atoms with Gasteiger partial charge in [0.15, 0.2) is 0 Å². The van der Waals surface area contributed by atoms with Crippen LogP contribution in [-0.4, -0.2) is 18.2 Å². The first-order chi connectivity index (χ1) is 14.4. The van der Waals surface area contributed by atoms with Crippen molar-refractivity contribution in [2.75, 3.05) is 4.90 Å². The summed E-state index contributed by atoms with van der Waals surface area (Å²) >= 11 is 7.09. The quantitative estimate of drug-likeness (QED) is 0.551. The molecule has 0 radical (unpaired) electrons. The minimum absolute atomic E-state index is 0.300. The summed E-state index contributed by atoms with van der Waals surface area (Å²) < 4.78 is 30.6. The molecule has 0 saturated carbocycles. The summed E-state index contributed by atoms with van der Waals surface area (Å²) in [6.07, 6.45) is 2.40. The molecule has 1 atom stereocenters. The van der Waals surface area contributed by atoms with Gasteiger partial charge in [0.05, 0.1) is 15.6 Å². The van der Waals surface area contributed by atoms with Gasteiger partial charge in [0.1, 0.15) is 17.7 Å². The number of rotatable bonds is 3. The lowest BCUT2D eigenvalue weighted by atomic mass is 10.0. The number of nitrogens with zero attached hydrogens (tertiary/aromatic N) is 2. The van der Waals surface area contributed by atoms with Crippen molar-refractivity contribution in [1.82, 2.24) is 5.32 Å². The molecule has 0 aliphatic carbocycles. The molecule has 2 aliphatic heterocycles. The van der Waals surface area contributed by atoms with Crippen molar-refractivity contribution >= 4 is 52.5 Å². The second-order valence-electron chi connectivity index (χ2n) is 6.85. The van der Waals surface area contributed by atoms with Crippen LogP contribution in [0.25, 0.3) is 10.4 Å². The topological polar surface area (TPSA) is 61.8 Å². The number of carbonyl (C=O) groups excluding carboxylic acids is 2. The van der Waals surface area contributed by atoms with Crippen molar-refractivity contribution in [2.45, 2.75) is 12.5 Å². The first-order valence-corrected chi connectivity index (χ1v) is 10.2. The van der Waals surface area contributed by atoms with Gasteiger partial charge >= 0.3 is 6.03 Å². The molecule has 0 spiro atoms. The third kappa shape index (κ3) is 3.00. The highest BCUT2D eigenvalue weighted by Crippen LogP contribution is 2.39. The third-order valence-electron chi connectivity index (χ3n) is 5.05. The first kappa shape index (κ1) is 18.9. The van der Waals surface area contributed by atoms with Crippen LogP contribution < -0.4 is 10.2 Å². The Morgan fingerprint density at radius 3 is 2.57 bits per heavy atom. The van der Waals surface area contributed by atoms with E-state index in [1.807, 2.05) is 0 Å². The van der Waals surface area contributed by atoms with Gasteiger partial charge < -0.3 is 0 Å². The molecule has 2 aromatic carbocycles. The molecule has 1 saturated heterocycles. The predicted octanol–water partition coefficient (Wildman–Crippen LogP) is 5.40. The number of imide groups is 1. The number of carbonyl (C=O) groups is 2. The van der Waals surface area contributed by atoms with Crippen molar-refractivity contribution in [3.8, 4) is 10.4 Å². The smallest absolute Gasteiger partial charge is 0.277 e. The molecular weight excluding hydrogens is 432 g/mol. The zero-order chi connectivity index (χ0) is 21.0. The highest BCUT2D eigenvalue weighted by atomic mass is 35.5. The van der Waals surface area contributed by atoms with E-state index in [1.165, 1.54) is 11.3 Å². The van der Waals surface area contributed by atoms with Gasteiger partial charge in [-0.1, -0.05) is 17.7 Å². The third-order valence-corrected chi connectivity index (χ3v) is 6.33. The van der Waals surface area contributed by atoms with Crippen molar-refractivity contribution in [1.29, 1.82) is 0 Å². The number of hydrogen-bond donors (Lipinski definition) is 1. The number of amides is 3. The molecule has 5 nitrogen and oxygen atoms in total. The lowest BCUT2D eigenvalue weighted by Crippen LogP contribution is -2.30. The number of aliphatic imine (C=N–C) groups is 1. The molecule has 1 unspecified atom stereocenters. The van der Waals surface area contributed by atoms with Crippen LogP contribution in [0.1, 0.15) is 17.2 Å². The molecule has 3 heterocycles. The van der Waals surface area contributed by atoms with Crippen molar-refractivity contribution < 1.29 is 18.4 Å². The fraction of sp³-hybridized carbons (Fsp3) is 0.0952. The number of hydrogen-bond acceptors (Lipinski definition) is 4. The van der Waals surface area contributed by atoms with Crippen LogP contribution in [0, 0.1) is 11.6 Å². The summed E-state index contributed by atoms with van der Waals surface area (Å²) in [6.45, 7) is 0. The molecule has 1 fully saturated rings. The van der Waals surface area contributed by atoms with Crippen LogP contribution in [-0.2, 0) is 11.2 Å². The van der Waals surface area contributed by atoms with Gasteiger partial charge in [-0.2, -0.15) is 0 Å². The van der Waals surface area contributed by atoms with Gasteiger partial charge in [0.25, 0.3) is 5.91 Å². The van der Waals surface area contributed by atoms with E-state index in [1.54, 1.807) is 36.5 Å². The molecule has 1 N–H and O–H groups in total. The van der Waals surface area contributed by atoms with E-state index in [4.69, 9.17) is 11.6 Å². The zero-order valence-corrected chi connectivity index (χ0v) is 16.7. The van der Waals surface area contributed by atoms with Gasteiger partial charge in [0, 0.05) is 23.2 Å². The zero-order valence-electron chi connectivity index (χ0n) is 15.2. The Morgan fingerprint density at radius 1 is 1.10 bits per heavy atom. The lowest BCUT2D eigenvalue weighted by molar-refractivity contribution is -0.120. The van der Waals surface area contributed by atoms with Gasteiger partial charge in [-0.05, 0) is 47.5 Å². The minimum Gasteiger partial charge on any atom is -0.277 e. The molecule has 5 rings (SSSR count).